The Morgan fingerprint density at radius 1 is 1.22 bits per heavy atom. The van der Waals surface area contributed by atoms with Crippen LogP contribution in [0.1, 0.15) is 5.56 Å². The lowest BCUT2D eigenvalue weighted by atomic mass is 10.2. The molecule has 0 aliphatic heterocycles. The molecule has 0 atom stereocenters. The average molecular weight is 387 g/mol. The van der Waals surface area contributed by atoms with Crippen LogP contribution in [0, 0.1) is 5.41 Å². The number of benzene rings is 1. The molecule has 2 aromatic rings. The number of amidine groups is 1. The smallest absolute Gasteiger partial charge is 0.122 e. The van der Waals surface area contributed by atoms with E-state index in [-0.39, 0.29) is 5.84 Å². The summed E-state index contributed by atoms with van der Waals surface area (Å²) < 4.78 is 1.86. The SMILES string of the molecule is N=C(N)c1ccc(Sc2ncccc2Br)c(Br)c1. The van der Waals surface area contributed by atoms with Gasteiger partial charge in [-0.25, -0.2) is 4.98 Å². The summed E-state index contributed by atoms with van der Waals surface area (Å²) in [5.41, 5.74) is 6.15. The second-order valence-corrected chi connectivity index (χ2v) is 6.19. The number of nitrogens with two attached hydrogens (primary N) is 1. The van der Waals surface area contributed by atoms with Gasteiger partial charge >= 0.3 is 0 Å². The van der Waals surface area contributed by atoms with Crippen LogP contribution in [0.15, 0.2) is 55.4 Å². The molecule has 18 heavy (non-hydrogen) atoms. The lowest BCUT2D eigenvalue weighted by Gasteiger charge is -2.07. The van der Waals surface area contributed by atoms with Crippen molar-refractivity contribution < 1.29 is 0 Å². The highest BCUT2D eigenvalue weighted by molar-refractivity contribution is 9.11. The molecule has 0 amide bonds. The van der Waals surface area contributed by atoms with Gasteiger partial charge in [-0.3, -0.25) is 5.41 Å². The van der Waals surface area contributed by atoms with E-state index in [1.165, 1.54) is 0 Å². The van der Waals surface area contributed by atoms with Crippen LogP contribution < -0.4 is 5.73 Å². The topological polar surface area (TPSA) is 62.8 Å². The number of aromatic nitrogens is 1. The zero-order chi connectivity index (χ0) is 13.1. The van der Waals surface area contributed by atoms with Crippen LogP contribution in [0.4, 0.5) is 0 Å². The molecule has 1 aromatic carbocycles. The van der Waals surface area contributed by atoms with E-state index < -0.39 is 0 Å². The predicted octanol–water partition coefficient (Wildman–Crippen LogP) is 4.04. The minimum absolute atomic E-state index is 0.0614. The van der Waals surface area contributed by atoms with Crippen molar-refractivity contribution in [2.24, 2.45) is 5.73 Å². The first kappa shape index (κ1) is 13.6. The summed E-state index contributed by atoms with van der Waals surface area (Å²) in [7, 11) is 0. The highest BCUT2D eigenvalue weighted by Gasteiger charge is 2.08. The fraction of sp³-hybridized carbons (Fsp3) is 0. The van der Waals surface area contributed by atoms with Crippen LogP contribution >= 0.6 is 43.6 Å². The minimum atomic E-state index is 0.0614. The molecule has 92 valence electrons. The molecular weight excluding hydrogens is 378 g/mol. The van der Waals surface area contributed by atoms with Gasteiger partial charge in [0.05, 0.1) is 4.47 Å². The molecule has 2 rings (SSSR count). The number of nitrogens with one attached hydrogen (secondary N) is 1. The number of halogens is 2. The van der Waals surface area contributed by atoms with E-state index in [4.69, 9.17) is 11.1 Å². The monoisotopic (exact) mass is 385 g/mol. The number of pyridine rings is 1. The second-order valence-electron chi connectivity index (χ2n) is 3.45. The zero-order valence-electron chi connectivity index (χ0n) is 9.15. The van der Waals surface area contributed by atoms with Gasteiger partial charge in [-0.1, -0.05) is 17.8 Å². The normalized spacial score (nSPS) is 10.3. The molecule has 1 heterocycles. The molecule has 0 unspecified atom stereocenters. The molecule has 3 N–H and O–H groups in total. The first-order chi connectivity index (χ1) is 8.58. The quantitative estimate of drug-likeness (QED) is 0.618. The van der Waals surface area contributed by atoms with Crippen molar-refractivity contribution in [3.63, 3.8) is 0 Å². The number of nitrogens with zero attached hydrogens (tertiary/aromatic N) is 1. The molecule has 0 saturated heterocycles. The Morgan fingerprint density at radius 2 is 2.00 bits per heavy atom. The Hall–Kier alpha value is -0.850. The summed E-state index contributed by atoms with van der Waals surface area (Å²) in [5.74, 6) is 0.0614. The van der Waals surface area contributed by atoms with Crippen molar-refractivity contribution in [2.45, 2.75) is 9.92 Å². The van der Waals surface area contributed by atoms with Crippen molar-refractivity contribution in [1.82, 2.24) is 4.98 Å². The van der Waals surface area contributed by atoms with Gasteiger partial charge < -0.3 is 5.73 Å². The van der Waals surface area contributed by atoms with Gasteiger partial charge in [0.25, 0.3) is 0 Å². The van der Waals surface area contributed by atoms with Crippen LogP contribution in [0.3, 0.4) is 0 Å². The van der Waals surface area contributed by atoms with Crippen molar-refractivity contribution >= 4 is 49.5 Å². The summed E-state index contributed by atoms with van der Waals surface area (Å²) >= 11 is 8.49. The van der Waals surface area contributed by atoms with Crippen molar-refractivity contribution in [1.29, 1.82) is 5.41 Å². The van der Waals surface area contributed by atoms with E-state index in [0.717, 1.165) is 18.9 Å². The summed E-state index contributed by atoms with van der Waals surface area (Å²) in [5, 5.41) is 8.29. The highest BCUT2D eigenvalue weighted by Crippen LogP contribution is 2.36. The Labute approximate surface area is 126 Å². The standard InChI is InChI=1S/C12H9Br2N3S/c13-8-2-1-5-17-12(8)18-10-4-3-7(11(15)16)6-9(10)14/h1-6H,(H3,15,16). The first-order valence-corrected chi connectivity index (χ1v) is 7.40. The largest absolute Gasteiger partial charge is 0.384 e. The molecule has 0 radical (unpaired) electrons. The molecule has 6 heteroatoms. The zero-order valence-corrected chi connectivity index (χ0v) is 13.1. The number of nitrogen functional groups attached to an aromatic ring is 1. The first-order valence-electron chi connectivity index (χ1n) is 5.00. The van der Waals surface area contributed by atoms with Gasteiger partial charge in [0.1, 0.15) is 10.9 Å². The van der Waals surface area contributed by atoms with E-state index in [9.17, 15) is 0 Å². The Morgan fingerprint density at radius 3 is 2.61 bits per heavy atom. The van der Waals surface area contributed by atoms with E-state index >= 15 is 0 Å². The number of hydrogen-bond donors (Lipinski definition) is 2. The third-order valence-electron chi connectivity index (χ3n) is 2.17. The summed E-state index contributed by atoms with van der Waals surface area (Å²) in [6, 6.07) is 9.41. The molecule has 0 aliphatic rings. The van der Waals surface area contributed by atoms with E-state index in [1.54, 1.807) is 18.0 Å². The molecule has 1 aromatic heterocycles. The van der Waals surface area contributed by atoms with Crippen LogP contribution in [-0.2, 0) is 0 Å². The predicted molar refractivity (Wildman–Crippen MR) is 81.2 cm³/mol. The van der Waals surface area contributed by atoms with E-state index in [1.807, 2.05) is 30.3 Å². The van der Waals surface area contributed by atoms with E-state index in [2.05, 4.69) is 36.8 Å². The maximum absolute atomic E-state index is 7.39. The average Bonchev–Trinajstić information content (AvgIpc) is 2.34. The highest BCUT2D eigenvalue weighted by atomic mass is 79.9. The Kier molecular flexibility index (Phi) is 4.42. The van der Waals surface area contributed by atoms with Gasteiger partial charge in [0, 0.05) is 21.1 Å². The lowest BCUT2D eigenvalue weighted by molar-refractivity contribution is 1.11. The van der Waals surface area contributed by atoms with Gasteiger partial charge in [0.15, 0.2) is 0 Å². The van der Waals surface area contributed by atoms with Crippen LogP contribution in [0.2, 0.25) is 0 Å². The van der Waals surface area contributed by atoms with E-state index in [0.29, 0.717) is 5.56 Å². The maximum atomic E-state index is 7.39. The maximum Gasteiger partial charge on any atom is 0.122 e. The fourth-order valence-electron chi connectivity index (χ4n) is 1.30. The third-order valence-corrected chi connectivity index (χ3v) is 5.09. The summed E-state index contributed by atoms with van der Waals surface area (Å²) in [6.45, 7) is 0. The molecule has 0 bridgehead atoms. The summed E-state index contributed by atoms with van der Waals surface area (Å²) in [4.78, 5) is 5.33. The van der Waals surface area contributed by atoms with Crippen LogP contribution in [-0.4, -0.2) is 10.8 Å². The minimum Gasteiger partial charge on any atom is -0.384 e. The molecule has 0 saturated carbocycles. The number of rotatable bonds is 3. The van der Waals surface area contributed by atoms with Gasteiger partial charge in [0.2, 0.25) is 0 Å². The lowest BCUT2D eigenvalue weighted by Crippen LogP contribution is -2.10. The van der Waals surface area contributed by atoms with Gasteiger partial charge in [-0.05, 0) is 56.1 Å². The second kappa shape index (κ2) is 5.86. The fourth-order valence-corrected chi connectivity index (χ4v) is 3.20. The van der Waals surface area contributed by atoms with Gasteiger partial charge in [-0.15, -0.1) is 0 Å². The molecule has 0 spiro atoms. The van der Waals surface area contributed by atoms with Crippen LogP contribution in [0.5, 0.6) is 0 Å². The van der Waals surface area contributed by atoms with Crippen molar-refractivity contribution in [3.8, 4) is 0 Å². The summed E-state index contributed by atoms with van der Waals surface area (Å²) in [6.07, 6.45) is 1.75. The molecule has 0 fully saturated rings. The van der Waals surface area contributed by atoms with Crippen LogP contribution in [0.25, 0.3) is 0 Å². The van der Waals surface area contributed by atoms with Crippen molar-refractivity contribution in [3.05, 3.63) is 51.0 Å². The Balaban J connectivity index is 2.30. The number of hydrogen-bond acceptors (Lipinski definition) is 3. The Bertz CT molecular complexity index is 602. The molecule has 3 nitrogen and oxygen atoms in total. The third kappa shape index (κ3) is 3.13. The molecular formula is C12H9Br2N3S. The van der Waals surface area contributed by atoms with Crippen molar-refractivity contribution in [2.75, 3.05) is 0 Å². The molecule has 0 aliphatic carbocycles. The van der Waals surface area contributed by atoms with Gasteiger partial charge in [-0.2, -0.15) is 0 Å².